The van der Waals surface area contributed by atoms with Gasteiger partial charge in [-0.3, -0.25) is 9.78 Å². The van der Waals surface area contributed by atoms with E-state index in [0.717, 1.165) is 6.20 Å². The van der Waals surface area contributed by atoms with Gasteiger partial charge in [0.25, 0.3) is 0 Å². The van der Waals surface area contributed by atoms with Crippen molar-refractivity contribution in [2.75, 3.05) is 13.1 Å². The fraction of sp³-hybridized carbons (Fsp3) is 0.400. The molecule has 1 aliphatic rings. The van der Waals surface area contributed by atoms with Crippen LogP contribution in [0.3, 0.4) is 0 Å². The maximum absolute atomic E-state index is 12.8. The minimum Gasteiger partial charge on any atom is -0.481 e. The zero-order chi connectivity index (χ0) is 10.9. The molecule has 0 spiro atoms. The van der Waals surface area contributed by atoms with E-state index in [0.29, 0.717) is 25.1 Å². The maximum atomic E-state index is 12.8. The monoisotopic (exact) mass is 210 g/mol. The first kappa shape index (κ1) is 10.0. The molecule has 0 atom stereocenters. The highest BCUT2D eigenvalue weighted by Crippen LogP contribution is 2.27. The third-order valence-corrected chi connectivity index (χ3v) is 2.68. The SMILES string of the molecule is O=C(O)C1(Cc2cncc(F)c2)CNC1. The van der Waals surface area contributed by atoms with Crippen LogP contribution in [0.4, 0.5) is 4.39 Å². The number of nitrogens with one attached hydrogen (secondary N) is 1. The smallest absolute Gasteiger partial charge is 0.312 e. The predicted molar refractivity (Wildman–Crippen MR) is 50.8 cm³/mol. The van der Waals surface area contributed by atoms with Gasteiger partial charge in [0.15, 0.2) is 0 Å². The molecule has 0 saturated carbocycles. The molecule has 1 aliphatic heterocycles. The molecule has 4 nitrogen and oxygen atoms in total. The molecule has 0 amide bonds. The summed E-state index contributed by atoms with van der Waals surface area (Å²) >= 11 is 0. The molecule has 80 valence electrons. The van der Waals surface area contributed by atoms with Gasteiger partial charge in [0.05, 0.1) is 11.6 Å². The lowest BCUT2D eigenvalue weighted by molar-refractivity contribution is -0.152. The van der Waals surface area contributed by atoms with Crippen LogP contribution in [0.1, 0.15) is 5.56 Å². The number of carbonyl (C=O) groups is 1. The molecule has 0 aromatic carbocycles. The number of hydrogen-bond acceptors (Lipinski definition) is 3. The summed E-state index contributed by atoms with van der Waals surface area (Å²) in [6.45, 7) is 0.859. The van der Waals surface area contributed by atoms with E-state index in [-0.39, 0.29) is 0 Å². The van der Waals surface area contributed by atoms with Gasteiger partial charge in [0, 0.05) is 19.3 Å². The van der Waals surface area contributed by atoms with Crippen LogP contribution in [0.5, 0.6) is 0 Å². The largest absolute Gasteiger partial charge is 0.481 e. The lowest BCUT2D eigenvalue weighted by Crippen LogP contribution is -2.59. The molecule has 2 N–H and O–H groups in total. The van der Waals surface area contributed by atoms with Crippen molar-refractivity contribution in [2.45, 2.75) is 6.42 Å². The molecule has 15 heavy (non-hydrogen) atoms. The normalized spacial score (nSPS) is 18.2. The molecule has 0 unspecified atom stereocenters. The highest BCUT2D eigenvalue weighted by Gasteiger charge is 2.44. The summed E-state index contributed by atoms with van der Waals surface area (Å²) in [6.07, 6.45) is 2.93. The lowest BCUT2D eigenvalue weighted by atomic mass is 9.77. The number of halogens is 1. The minimum absolute atomic E-state index is 0.320. The molecular formula is C10H11FN2O2. The second kappa shape index (κ2) is 3.58. The van der Waals surface area contributed by atoms with Crippen molar-refractivity contribution >= 4 is 5.97 Å². The van der Waals surface area contributed by atoms with Gasteiger partial charge in [-0.15, -0.1) is 0 Å². The van der Waals surface area contributed by atoms with Gasteiger partial charge >= 0.3 is 5.97 Å². The molecule has 2 rings (SSSR count). The van der Waals surface area contributed by atoms with Crippen LogP contribution in [-0.2, 0) is 11.2 Å². The zero-order valence-corrected chi connectivity index (χ0v) is 8.03. The van der Waals surface area contributed by atoms with E-state index >= 15 is 0 Å². The van der Waals surface area contributed by atoms with Crippen LogP contribution < -0.4 is 5.32 Å². The summed E-state index contributed by atoms with van der Waals surface area (Å²) in [5.41, 5.74) is -0.158. The van der Waals surface area contributed by atoms with Crippen LogP contribution in [0.25, 0.3) is 0 Å². The highest BCUT2D eigenvalue weighted by atomic mass is 19.1. The fourth-order valence-corrected chi connectivity index (χ4v) is 1.72. The van der Waals surface area contributed by atoms with Crippen LogP contribution in [-0.4, -0.2) is 29.1 Å². The highest BCUT2D eigenvalue weighted by molar-refractivity contribution is 5.77. The molecule has 1 aromatic heterocycles. The van der Waals surface area contributed by atoms with Crippen LogP contribution in [0.15, 0.2) is 18.5 Å². The van der Waals surface area contributed by atoms with E-state index in [9.17, 15) is 9.18 Å². The Labute approximate surface area is 86.1 Å². The standard InChI is InChI=1S/C10H11FN2O2/c11-8-1-7(3-12-4-8)2-10(9(14)15)5-13-6-10/h1,3-4,13H,2,5-6H2,(H,14,15). The Hall–Kier alpha value is -1.49. The average Bonchev–Trinajstić information content (AvgIpc) is 2.11. The molecule has 0 radical (unpaired) electrons. The van der Waals surface area contributed by atoms with Crippen molar-refractivity contribution in [3.63, 3.8) is 0 Å². The Balaban J connectivity index is 2.17. The second-order valence-corrected chi connectivity index (χ2v) is 3.88. The maximum Gasteiger partial charge on any atom is 0.312 e. The second-order valence-electron chi connectivity index (χ2n) is 3.88. The number of carboxylic acids is 1. The Bertz CT molecular complexity index is 391. The van der Waals surface area contributed by atoms with E-state index in [1.54, 1.807) is 0 Å². The van der Waals surface area contributed by atoms with E-state index < -0.39 is 17.2 Å². The fourth-order valence-electron chi connectivity index (χ4n) is 1.72. The number of aliphatic carboxylic acids is 1. The van der Waals surface area contributed by atoms with Crippen LogP contribution in [0, 0.1) is 11.2 Å². The predicted octanol–water partition coefficient (Wildman–Crippen LogP) is 0.437. The van der Waals surface area contributed by atoms with Crippen molar-refractivity contribution in [1.29, 1.82) is 0 Å². The molecule has 1 saturated heterocycles. The Morgan fingerprint density at radius 3 is 2.80 bits per heavy atom. The zero-order valence-electron chi connectivity index (χ0n) is 8.03. The van der Waals surface area contributed by atoms with Crippen molar-refractivity contribution < 1.29 is 14.3 Å². The van der Waals surface area contributed by atoms with E-state index in [1.807, 2.05) is 0 Å². The number of pyridine rings is 1. The third-order valence-electron chi connectivity index (χ3n) is 2.68. The summed E-state index contributed by atoms with van der Waals surface area (Å²) in [6, 6.07) is 1.33. The van der Waals surface area contributed by atoms with E-state index in [2.05, 4.69) is 10.3 Å². The molecular weight excluding hydrogens is 199 g/mol. The van der Waals surface area contributed by atoms with E-state index in [1.165, 1.54) is 12.3 Å². The van der Waals surface area contributed by atoms with Gasteiger partial charge in [-0.2, -0.15) is 0 Å². The first-order valence-corrected chi connectivity index (χ1v) is 4.66. The van der Waals surface area contributed by atoms with Gasteiger partial charge in [0.2, 0.25) is 0 Å². The molecule has 5 heteroatoms. The first-order chi connectivity index (χ1) is 7.12. The summed E-state index contributed by atoms with van der Waals surface area (Å²) < 4.78 is 12.8. The van der Waals surface area contributed by atoms with E-state index in [4.69, 9.17) is 5.11 Å². The topological polar surface area (TPSA) is 62.2 Å². The van der Waals surface area contributed by atoms with Crippen LogP contribution in [0.2, 0.25) is 0 Å². The molecule has 1 aromatic rings. The minimum atomic E-state index is -0.842. The number of nitrogens with zero attached hydrogens (tertiary/aromatic N) is 1. The summed E-state index contributed by atoms with van der Waals surface area (Å²) in [5, 5.41) is 12.0. The summed E-state index contributed by atoms with van der Waals surface area (Å²) in [5.74, 6) is -1.27. The van der Waals surface area contributed by atoms with Gasteiger partial charge in [-0.1, -0.05) is 0 Å². The van der Waals surface area contributed by atoms with Crippen molar-refractivity contribution in [3.8, 4) is 0 Å². The Kier molecular flexibility index (Phi) is 2.40. The van der Waals surface area contributed by atoms with Crippen molar-refractivity contribution in [3.05, 3.63) is 29.8 Å². The lowest BCUT2D eigenvalue weighted by Gasteiger charge is -2.38. The number of hydrogen-bond donors (Lipinski definition) is 2. The Morgan fingerprint density at radius 1 is 1.60 bits per heavy atom. The van der Waals surface area contributed by atoms with Crippen molar-refractivity contribution in [1.82, 2.24) is 10.3 Å². The molecule has 1 fully saturated rings. The molecule has 0 bridgehead atoms. The van der Waals surface area contributed by atoms with Crippen molar-refractivity contribution in [2.24, 2.45) is 5.41 Å². The first-order valence-electron chi connectivity index (χ1n) is 4.66. The average molecular weight is 210 g/mol. The number of carboxylic acid groups (broad SMARTS) is 1. The molecule has 0 aliphatic carbocycles. The van der Waals surface area contributed by atoms with Gasteiger partial charge in [-0.25, -0.2) is 4.39 Å². The molecule has 2 heterocycles. The summed E-state index contributed by atoms with van der Waals surface area (Å²) in [7, 11) is 0. The van der Waals surface area contributed by atoms with Gasteiger partial charge in [0.1, 0.15) is 5.82 Å². The summed E-state index contributed by atoms with van der Waals surface area (Å²) in [4.78, 5) is 14.7. The van der Waals surface area contributed by atoms with Crippen LogP contribution >= 0.6 is 0 Å². The quantitative estimate of drug-likeness (QED) is 0.759. The number of aromatic nitrogens is 1. The Morgan fingerprint density at radius 2 is 2.33 bits per heavy atom. The van der Waals surface area contributed by atoms with Gasteiger partial charge < -0.3 is 10.4 Å². The van der Waals surface area contributed by atoms with Gasteiger partial charge in [-0.05, 0) is 18.1 Å². The third kappa shape index (κ3) is 1.83. The number of rotatable bonds is 3.